The van der Waals surface area contributed by atoms with Crippen molar-refractivity contribution in [1.29, 1.82) is 0 Å². The number of rotatable bonds is 3. The summed E-state index contributed by atoms with van der Waals surface area (Å²) in [7, 11) is 0. The number of urea groups is 1. The Morgan fingerprint density at radius 3 is 2.65 bits per heavy atom. The molecule has 0 atom stereocenters. The van der Waals surface area contributed by atoms with Crippen molar-refractivity contribution in [2.45, 2.75) is 0 Å². The molecule has 1 aromatic heterocycles. The molecular weight excluding hydrogens is 366 g/mol. The minimum Gasteiger partial charge on any atom is -0.305 e. The van der Waals surface area contributed by atoms with Crippen LogP contribution in [0.25, 0.3) is 5.69 Å². The normalized spacial score (nSPS) is 10.4. The van der Waals surface area contributed by atoms with Gasteiger partial charge in [-0.3, -0.25) is 14.7 Å². The molecule has 0 spiro atoms. The number of amides is 2. The molecule has 2 aromatic carbocycles. The molecule has 0 saturated heterocycles. The quantitative estimate of drug-likeness (QED) is 0.729. The average Bonchev–Trinajstić information content (AvgIpc) is 2.59. The van der Waals surface area contributed by atoms with Crippen molar-refractivity contribution in [1.82, 2.24) is 9.55 Å². The van der Waals surface area contributed by atoms with Crippen molar-refractivity contribution in [2.75, 3.05) is 10.6 Å². The van der Waals surface area contributed by atoms with Crippen molar-refractivity contribution in [3.8, 4) is 5.69 Å². The highest BCUT2D eigenvalue weighted by Gasteiger charge is 2.12. The largest absolute Gasteiger partial charge is 0.325 e. The van der Waals surface area contributed by atoms with Gasteiger partial charge in [0.25, 0.3) is 5.56 Å². The van der Waals surface area contributed by atoms with Crippen molar-refractivity contribution in [3.63, 3.8) is 0 Å². The molecule has 3 rings (SSSR count). The van der Waals surface area contributed by atoms with Crippen LogP contribution in [-0.2, 0) is 0 Å². The van der Waals surface area contributed by atoms with Gasteiger partial charge in [-0.25, -0.2) is 18.6 Å². The molecule has 26 heavy (non-hydrogen) atoms. The van der Waals surface area contributed by atoms with E-state index in [0.717, 1.165) is 12.1 Å². The molecule has 2 amide bonds. The Morgan fingerprint density at radius 1 is 1.12 bits per heavy atom. The van der Waals surface area contributed by atoms with Gasteiger partial charge in [0.15, 0.2) is 0 Å². The van der Waals surface area contributed by atoms with Gasteiger partial charge < -0.3 is 5.32 Å². The average molecular weight is 377 g/mol. The summed E-state index contributed by atoms with van der Waals surface area (Å²) in [6.45, 7) is 0. The molecule has 0 aliphatic carbocycles. The Balaban J connectivity index is 1.83. The maximum Gasteiger partial charge on any atom is 0.325 e. The molecule has 132 valence electrons. The van der Waals surface area contributed by atoms with Gasteiger partial charge in [0.05, 0.1) is 11.4 Å². The van der Waals surface area contributed by atoms with E-state index in [1.807, 2.05) is 0 Å². The molecule has 6 nitrogen and oxygen atoms in total. The highest BCUT2D eigenvalue weighted by molar-refractivity contribution is 6.30. The number of hydrogen-bond acceptors (Lipinski definition) is 3. The number of nitrogens with one attached hydrogen (secondary N) is 2. The maximum atomic E-state index is 13.6. The molecule has 0 fully saturated rings. The van der Waals surface area contributed by atoms with Gasteiger partial charge in [-0.15, -0.1) is 0 Å². The molecule has 0 saturated carbocycles. The zero-order chi connectivity index (χ0) is 18.7. The SMILES string of the molecule is O=C(Nc1ccc(F)cc1F)Nc1nccn(-c2cccc(Cl)c2)c1=O. The fraction of sp³-hybridized carbons (Fsp3) is 0. The van der Waals surface area contributed by atoms with Crippen LogP contribution in [0.1, 0.15) is 0 Å². The lowest BCUT2D eigenvalue weighted by Crippen LogP contribution is -2.28. The van der Waals surface area contributed by atoms with Crippen molar-refractivity contribution in [3.05, 3.63) is 81.9 Å². The van der Waals surface area contributed by atoms with Crippen LogP contribution in [0.15, 0.2) is 59.7 Å². The van der Waals surface area contributed by atoms with Crippen molar-refractivity contribution >= 4 is 29.1 Å². The zero-order valence-corrected chi connectivity index (χ0v) is 13.8. The Bertz CT molecular complexity index is 1040. The van der Waals surface area contributed by atoms with Crippen LogP contribution in [0.2, 0.25) is 5.02 Å². The monoisotopic (exact) mass is 376 g/mol. The first-order valence-electron chi connectivity index (χ1n) is 7.31. The van der Waals surface area contributed by atoms with E-state index in [2.05, 4.69) is 15.6 Å². The molecule has 1 heterocycles. The van der Waals surface area contributed by atoms with E-state index in [0.29, 0.717) is 16.8 Å². The van der Waals surface area contributed by atoms with Crippen molar-refractivity contribution in [2.24, 2.45) is 0 Å². The number of aromatic nitrogens is 2. The highest BCUT2D eigenvalue weighted by Crippen LogP contribution is 2.16. The lowest BCUT2D eigenvalue weighted by atomic mass is 10.3. The van der Waals surface area contributed by atoms with Gasteiger partial charge in [0.1, 0.15) is 11.6 Å². The van der Waals surface area contributed by atoms with Crippen LogP contribution in [0.4, 0.5) is 25.1 Å². The third-order valence-corrected chi connectivity index (χ3v) is 3.57. The van der Waals surface area contributed by atoms with E-state index in [9.17, 15) is 18.4 Å². The van der Waals surface area contributed by atoms with E-state index in [4.69, 9.17) is 11.6 Å². The number of hydrogen-bond donors (Lipinski definition) is 2. The van der Waals surface area contributed by atoms with Gasteiger partial charge in [0, 0.05) is 23.5 Å². The number of anilines is 2. The van der Waals surface area contributed by atoms with Crippen LogP contribution >= 0.6 is 11.6 Å². The number of carbonyl (C=O) groups is 1. The topological polar surface area (TPSA) is 76.0 Å². The smallest absolute Gasteiger partial charge is 0.305 e. The Kier molecular flexibility index (Phi) is 4.94. The summed E-state index contributed by atoms with van der Waals surface area (Å²) in [5.74, 6) is -1.99. The van der Waals surface area contributed by atoms with Crippen LogP contribution in [0.5, 0.6) is 0 Å². The Hall–Kier alpha value is -3.26. The third-order valence-electron chi connectivity index (χ3n) is 3.34. The van der Waals surface area contributed by atoms with E-state index in [1.54, 1.807) is 24.3 Å². The second kappa shape index (κ2) is 7.32. The predicted octanol–water partition coefficient (Wildman–Crippen LogP) is 3.81. The minimum atomic E-state index is -0.947. The first-order chi connectivity index (χ1) is 12.4. The molecular formula is C17H11ClF2N4O2. The van der Waals surface area contributed by atoms with Gasteiger partial charge in [-0.1, -0.05) is 17.7 Å². The van der Waals surface area contributed by atoms with Crippen LogP contribution in [0, 0.1) is 11.6 Å². The van der Waals surface area contributed by atoms with Gasteiger partial charge in [0.2, 0.25) is 5.82 Å². The Labute approximate surface area is 151 Å². The van der Waals surface area contributed by atoms with E-state index >= 15 is 0 Å². The Morgan fingerprint density at radius 2 is 1.92 bits per heavy atom. The summed E-state index contributed by atoms with van der Waals surface area (Å²) in [6.07, 6.45) is 2.73. The van der Waals surface area contributed by atoms with E-state index in [1.165, 1.54) is 17.0 Å². The molecule has 0 aliphatic rings. The summed E-state index contributed by atoms with van der Waals surface area (Å²) >= 11 is 5.91. The van der Waals surface area contributed by atoms with Gasteiger partial charge in [-0.2, -0.15) is 0 Å². The van der Waals surface area contributed by atoms with Crippen molar-refractivity contribution < 1.29 is 13.6 Å². The number of halogens is 3. The molecule has 3 aromatic rings. The van der Waals surface area contributed by atoms with E-state index in [-0.39, 0.29) is 11.5 Å². The zero-order valence-electron chi connectivity index (χ0n) is 13.0. The first-order valence-corrected chi connectivity index (χ1v) is 7.68. The summed E-state index contributed by atoms with van der Waals surface area (Å²) in [6, 6.07) is 8.33. The van der Waals surface area contributed by atoms with Gasteiger partial charge >= 0.3 is 6.03 Å². The number of benzene rings is 2. The van der Waals surface area contributed by atoms with Crippen LogP contribution in [-0.4, -0.2) is 15.6 Å². The van der Waals surface area contributed by atoms with E-state index < -0.39 is 23.2 Å². The summed E-state index contributed by atoms with van der Waals surface area (Å²) in [5, 5.41) is 4.85. The second-order valence-corrected chi connectivity index (χ2v) is 5.57. The molecule has 0 unspecified atom stereocenters. The second-order valence-electron chi connectivity index (χ2n) is 5.13. The molecule has 0 radical (unpaired) electrons. The summed E-state index contributed by atoms with van der Waals surface area (Å²) in [5.41, 5.74) is -0.363. The molecule has 0 bridgehead atoms. The molecule has 9 heteroatoms. The predicted molar refractivity (Wildman–Crippen MR) is 93.8 cm³/mol. The number of nitrogens with zero attached hydrogens (tertiary/aromatic N) is 2. The standard InChI is InChI=1S/C17H11ClF2N4O2/c18-10-2-1-3-12(8-10)24-7-6-21-15(16(24)25)23-17(26)22-14-5-4-11(19)9-13(14)20/h1-9H,(H2,21,22,23,26). The highest BCUT2D eigenvalue weighted by atomic mass is 35.5. The first kappa shape index (κ1) is 17.6. The number of carbonyl (C=O) groups excluding carboxylic acids is 1. The van der Waals surface area contributed by atoms with Crippen LogP contribution in [0.3, 0.4) is 0 Å². The molecule has 2 N–H and O–H groups in total. The molecule has 0 aliphatic heterocycles. The lowest BCUT2D eigenvalue weighted by Gasteiger charge is -2.10. The minimum absolute atomic E-state index is 0.241. The maximum absolute atomic E-state index is 13.6. The fourth-order valence-corrected chi connectivity index (χ4v) is 2.36. The summed E-state index contributed by atoms with van der Waals surface area (Å²) < 4.78 is 27.7. The van der Waals surface area contributed by atoms with Gasteiger partial charge in [-0.05, 0) is 30.3 Å². The lowest BCUT2D eigenvalue weighted by molar-refractivity contribution is 0.262. The third kappa shape index (κ3) is 3.86. The van der Waals surface area contributed by atoms with Crippen LogP contribution < -0.4 is 16.2 Å². The summed E-state index contributed by atoms with van der Waals surface area (Å²) in [4.78, 5) is 28.3. The fourth-order valence-electron chi connectivity index (χ4n) is 2.18.